The highest BCUT2D eigenvalue weighted by atomic mass is 19.1. The maximum atomic E-state index is 15.0. The Labute approximate surface area is 178 Å². The quantitative estimate of drug-likeness (QED) is 0.626. The first kappa shape index (κ1) is 19.8. The van der Waals surface area contributed by atoms with Crippen molar-refractivity contribution in [2.24, 2.45) is 5.92 Å². The summed E-state index contributed by atoms with van der Waals surface area (Å²) in [6.45, 7) is 0.754. The number of nitrogens with zero attached hydrogens (tertiary/aromatic N) is 3. The molecular weight excluding hydrogens is 404 g/mol. The highest BCUT2D eigenvalue weighted by Crippen LogP contribution is 2.33. The molecule has 2 fully saturated rings. The number of hydrogen-bond acceptors (Lipinski definition) is 4. The maximum absolute atomic E-state index is 15.0. The van der Waals surface area contributed by atoms with Crippen LogP contribution in [0.1, 0.15) is 32.1 Å². The fraction of sp³-hybridized carbons (Fsp3) is 0.391. The molecule has 1 aliphatic heterocycles. The molecule has 1 saturated heterocycles. The van der Waals surface area contributed by atoms with E-state index in [-0.39, 0.29) is 29.8 Å². The van der Waals surface area contributed by atoms with Crippen LogP contribution in [0.15, 0.2) is 36.5 Å². The number of benzene rings is 2. The number of carboxylic acids is 1. The Morgan fingerprint density at radius 3 is 2.61 bits per heavy atom. The minimum atomic E-state index is -0.894. The van der Waals surface area contributed by atoms with E-state index < -0.39 is 17.6 Å². The Hall–Kier alpha value is -3.16. The van der Waals surface area contributed by atoms with Gasteiger partial charge in [0.2, 0.25) is 0 Å². The molecule has 1 saturated carbocycles. The topological polar surface area (TPSA) is 67.6 Å². The summed E-state index contributed by atoms with van der Waals surface area (Å²) in [5.74, 6) is -1.65. The van der Waals surface area contributed by atoms with Gasteiger partial charge in [-0.1, -0.05) is 0 Å². The van der Waals surface area contributed by atoms with Gasteiger partial charge in [-0.2, -0.15) is 5.10 Å². The molecule has 162 valence electrons. The fourth-order valence-electron chi connectivity index (χ4n) is 4.38. The van der Waals surface area contributed by atoms with Crippen LogP contribution in [0.3, 0.4) is 0 Å². The van der Waals surface area contributed by atoms with Crippen molar-refractivity contribution in [3.8, 4) is 11.4 Å². The number of carboxylic acid groups (broad SMARTS) is 1. The van der Waals surface area contributed by atoms with Crippen LogP contribution >= 0.6 is 0 Å². The standard InChI is InChI=1S/C23H23F2N3O3/c24-19-9-16(10-20(25)23(19)27-7-6-14(13-27)8-22(29)30)28-21-11-18(31-17-2-1-3-17)5-4-15(21)12-26-28/h4-5,9-12,14,17H,1-3,6-8,13H2,(H,29,30). The summed E-state index contributed by atoms with van der Waals surface area (Å²) in [5, 5.41) is 14.1. The number of hydrogen-bond donors (Lipinski definition) is 1. The normalized spacial score (nSPS) is 19.0. The van der Waals surface area contributed by atoms with Crippen molar-refractivity contribution in [1.82, 2.24) is 9.78 Å². The highest BCUT2D eigenvalue weighted by Gasteiger charge is 2.29. The number of halogens is 2. The van der Waals surface area contributed by atoms with E-state index in [4.69, 9.17) is 9.84 Å². The summed E-state index contributed by atoms with van der Waals surface area (Å²) in [7, 11) is 0. The number of aromatic nitrogens is 2. The molecule has 1 atom stereocenters. The van der Waals surface area contributed by atoms with Crippen molar-refractivity contribution in [2.45, 2.75) is 38.2 Å². The molecule has 2 aliphatic rings. The zero-order chi connectivity index (χ0) is 21.5. The van der Waals surface area contributed by atoms with Gasteiger partial charge in [0.25, 0.3) is 0 Å². The predicted octanol–water partition coefficient (Wildman–Crippen LogP) is 4.54. The number of ether oxygens (including phenoxy) is 1. The van der Waals surface area contributed by atoms with Gasteiger partial charge in [-0.15, -0.1) is 0 Å². The molecule has 0 spiro atoms. The third kappa shape index (κ3) is 3.82. The van der Waals surface area contributed by atoms with Crippen LogP contribution in [0, 0.1) is 17.6 Å². The van der Waals surface area contributed by atoms with Crippen LogP contribution in [0.5, 0.6) is 5.75 Å². The van der Waals surface area contributed by atoms with Crippen LogP contribution in [-0.4, -0.2) is 40.0 Å². The van der Waals surface area contributed by atoms with E-state index in [1.807, 2.05) is 18.2 Å². The molecule has 0 radical (unpaired) electrons. The molecule has 6 nitrogen and oxygen atoms in total. The fourth-order valence-corrected chi connectivity index (χ4v) is 4.38. The molecule has 31 heavy (non-hydrogen) atoms. The molecule has 2 heterocycles. The van der Waals surface area contributed by atoms with Crippen molar-refractivity contribution in [2.75, 3.05) is 18.0 Å². The third-order valence-electron chi connectivity index (χ3n) is 6.21. The van der Waals surface area contributed by atoms with Gasteiger partial charge in [0, 0.05) is 43.1 Å². The molecule has 0 amide bonds. The lowest BCUT2D eigenvalue weighted by atomic mass is 9.96. The smallest absolute Gasteiger partial charge is 0.303 e. The molecule has 8 heteroatoms. The number of fused-ring (bicyclic) bond motifs is 1. The Morgan fingerprint density at radius 1 is 1.16 bits per heavy atom. The van der Waals surface area contributed by atoms with E-state index in [0.29, 0.717) is 25.0 Å². The first-order chi connectivity index (χ1) is 15.0. The second kappa shape index (κ2) is 7.83. The average Bonchev–Trinajstić information content (AvgIpc) is 3.30. The van der Waals surface area contributed by atoms with Gasteiger partial charge in [0.15, 0.2) is 11.6 Å². The molecule has 0 bridgehead atoms. The van der Waals surface area contributed by atoms with Gasteiger partial charge >= 0.3 is 5.97 Å². The lowest BCUT2D eigenvalue weighted by molar-refractivity contribution is -0.137. The summed E-state index contributed by atoms with van der Waals surface area (Å²) in [6, 6.07) is 8.17. The summed E-state index contributed by atoms with van der Waals surface area (Å²) < 4.78 is 37.4. The molecule has 3 aromatic rings. The number of anilines is 1. The Morgan fingerprint density at radius 2 is 1.94 bits per heavy atom. The SMILES string of the molecule is O=C(O)CC1CCN(c2c(F)cc(-n3ncc4ccc(OC5CCC5)cc43)cc2F)C1. The number of rotatable bonds is 6. The minimum Gasteiger partial charge on any atom is -0.490 e. The zero-order valence-corrected chi connectivity index (χ0v) is 16.9. The number of aliphatic carboxylic acids is 1. The monoisotopic (exact) mass is 427 g/mol. The number of carbonyl (C=O) groups is 1. The summed E-state index contributed by atoms with van der Waals surface area (Å²) in [6.07, 6.45) is 5.74. The van der Waals surface area contributed by atoms with E-state index in [0.717, 1.165) is 24.0 Å². The van der Waals surface area contributed by atoms with Gasteiger partial charge in [-0.3, -0.25) is 4.79 Å². The van der Waals surface area contributed by atoms with Crippen LogP contribution in [0.25, 0.3) is 16.6 Å². The van der Waals surface area contributed by atoms with Gasteiger partial charge in [-0.25, -0.2) is 13.5 Å². The summed E-state index contributed by atoms with van der Waals surface area (Å²) in [4.78, 5) is 12.5. The molecule has 5 rings (SSSR count). The first-order valence-corrected chi connectivity index (χ1v) is 10.6. The first-order valence-electron chi connectivity index (χ1n) is 10.6. The molecular formula is C23H23F2N3O3. The molecule has 1 unspecified atom stereocenters. The van der Waals surface area contributed by atoms with Gasteiger partial charge < -0.3 is 14.7 Å². The lowest BCUT2D eigenvalue weighted by Crippen LogP contribution is -2.24. The van der Waals surface area contributed by atoms with E-state index in [1.54, 1.807) is 11.1 Å². The van der Waals surface area contributed by atoms with Crippen LogP contribution in [0.4, 0.5) is 14.5 Å². The zero-order valence-electron chi connectivity index (χ0n) is 16.9. The Balaban J connectivity index is 1.44. The maximum Gasteiger partial charge on any atom is 0.303 e. The second-order valence-corrected chi connectivity index (χ2v) is 8.40. The van der Waals surface area contributed by atoms with Crippen LogP contribution in [-0.2, 0) is 4.79 Å². The lowest BCUT2D eigenvalue weighted by Gasteiger charge is -2.26. The minimum absolute atomic E-state index is 0.00234. The summed E-state index contributed by atoms with van der Waals surface area (Å²) in [5.41, 5.74) is 0.893. The Kier molecular flexibility index (Phi) is 5.00. The highest BCUT2D eigenvalue weighted by molar-refractivity contribution is 5.82. The molecule has 1 aromatic heterocycles. The van der Waals surface area contributed by atoms with Crippen molar-refractivity contribution in [1.29, 1.82) is 0 Å². The summed E-state index contributed by atoms with van der Waals surface area (Å²) >= 11 is 0. The molecule has 1 N–H and O–H groups in total. The van der Waals surface area contributed by atoms with Gasteiger partial charge in [0.05, 0.1) is 23.5 Å². The third-order valence-corrected chi connectivity index (χ3v) is 6.21. The van der Waals surface area contributed by atoms with E-state index >= 15 is 0 Å². The second-order valence-electron chi connectivity index (χ2n) is 8.40. The van der Waals surface area contributed by atoms with E-state index in [2.05, 4.69) is 5.10 Å². The average molecular weight is 427 g/mol. The van der Waals surface area contributed by atoms with Gasteiger partial charge in [-0.05, 0) is 43.7 Å². The Bertz CT molecular complexity index is 1120. The van der Waals surface area contributed by atoms with Crippen LogP contribution < -0.4 is 9.64 Å². The van der Waals surface area contributed by atoms with Gasteiger partial charge in [0.1, 0.15) is 11.4 Å². The van der Waals surface area contributed by atoms with Crippen molar-refractivity contribution < 1.29 is 23.4 Å². The van der Waals surface area contributed by atoms with Crippen molar-refractivity contribution >= 4 is 22.6 Å². The van der Waals surface area contributed by atoms with Crippen molar-refractivity contribution in [3.05, 3.63) is 48.2 Å². The van der Waals surface area contributed by atoms with Crippen molar-refractivity contribution in [3.63, 3.8) is 0 Å². The molecule has 1 aliphatic carbocycles. The van der Waals surface area contributed by atoms with Crippen LogP contribution in [0.2, 0.25) is 0 Å². The predicted molar refractivity (Wildman–Crippen MR) is 112 cm³/mol. The van der Waals surface area contributed by atoms with E-state index in [1.165, 1.54) is 23.2 Å². The van der Waals surface area contributed by atoms with E-state index in [9.17, 15) is 13.6 Å². The molecule has 2 aromatic carbocycles. The largest absolute Gasteiger partial charge is 0.490 e.